The predicted octanol–water partition coefficient (Wildman–Crippen LogP) is 3.80. The zero-order valence-corrected chi connectivity index (χ0v) is 17.8. The van der Waals surface area contributed by atoms with Crippen LogP contribution in [0.15, 0.2) is 71.9 Å². The summed E-state index contributed by atoms with van der Waals surface area (Å²) in [6.45, 7) is 1.78. The van der Waals surface area contributed by atoms with Crippen molar-refractivity contribution in [3.63, 3.8) is 0 Å². The van der Waals surface area contributed by atoms with Gasteiger partial charge in [-0.3, -0.25) is 9.78 Å². The zero-order valence-electron chi connectivity index (χ0n) is 17.0. The molecule has 0 saturated carbocycles. The number of hydrogen-bond donors (Lipinski definition) is 2. The minimum absolute atomic E-state index is 0.0178. The number of ketones is 1. The van der Waals surface area contributed by atoms with E-state index in [1.54, 1.807) is 49.5 Å². The Morgan fingerprint density at radius 2 is 1.78 bits per heavy atom. The summed E-state index contributed by atoms with van der Waals surface area (Å²) in [5.74, 6) is 1.31. The molecule has 0 aliphatic carbocycles. The third-order valence-corrected chi connectivity index (χ3v) is 5.50. The molecule has 32 heavy (non-hydrogen) atoms. The molecule has 2 aromatic heterocycles. The molecule has 9 nitrogen and oxygen atoms in total. The third-order valence-electron chi connectivity index (χ3n) is 4.57. The van der Waals surface area contributed by atoms with Gasteiger partial charge in [0.1, 0.15) is 17.2 Å². The number of carbonyl (C=O) groups excluding carboxylic acids is 1. The average Bonchev–Trinajstić information content (AvgIpc) is 2.78. The van der Waals surface area contributed by atoms with Crippen LogP contribution in [-0.2, 0) is 10.0 Å². The van der Waals surface area contributed by atoms with Gasteiger partial charge in [-0.25, -0.2) is 23.5 Å². The lowest BCUT2D eigenvalue weighted by Gasteiger charge is -2.09. The smallest absolute Gasteiger partial charge is 0.238 e. The van der Waals surface area contributed by atoms with Gasteiger partial charge in [0.05, 0.1) is 10.4 Å². The minimum atomic E-state index is -3.76. The van der Waals surface area contributed by atoms with Gasteiger partial charge in [-0.1, -0.05) is 6.92 Å². The number of hydrogen-bond acceptors (Lipinski definition) is 8. The van der Waals surface area contributed by atoms with Crippen molar-refractivity contribution in [3.05, 3.63) is 72.7 Å². The summed E-state index contributed by atoms with van der Waals surface area (Å²) in [6, 6.07) is 14.6. The van der Waals surface area contributed by atoms with E-state index in [4.69, 9.17) is 9.88 Å². The van der Waals surface area contributed by atoms with E-state index in [0.717, 1.165) is 5.39 Å². The van der Waals surface area contributed by atoms with Crippen LogP contribution in [0.2, 0.25) is 0 Å². The first-order chi connectivity index (χ1) is 15.3. The number of fused-ring (bicyclic) bond motifs is 1. The largest absolute Gasteiger partial charge is 0.457 e. The van der Waals surface area contributed by atoms with Crippen LogP contribution < -0.4 is 15.2 Å². The van der Waals surface area contributed by atoms with Crippen molar-refractivity contribution in [3.8, 4) is 11.5 Å². The molecule has 0 radical (unpaired) electrons. The van der Waals surface area contributed by atoms with E-state index in [9.17, 15) is 13.2 Å². The maximum atomic E-state index is 11.9. The lowest BCUT2D eigenvalue weighted by molar-refractivity contribution is 0.0983. The summed E-state index contributed by atoms with van der Waals surface area (Å²) in [5, 5.41) is 8.95. The van der Waals surface area contributed by atoms with E-state index < -0.39 is 10.0 Å². The van der Waals surface area contributed by atoms with Crippen LogP contribution in [-0.4, -0.2) is 29.2 Å². The highest BCUT2D eigenvalue weighted by molar-refractivity contribution is 7.89. The Bertz CT molecular complexity index is 1410. The van der Waals surface area contributed by atoms with Crippen molar-refractivity contribution in [2.75, 3.05) is 5.32 Å². The van der Waals surface area contributed by atoms with Crippen molar-refractivity contribution >= 4 is 38.3 Å². The molecular formula is C22H19N5O4S. The summed E-state index contributed by atoms with van der Waals surface area (Å²) in [7, 11) is -3.76. The lowest BCUT2D eigenvalue weighted by Crippen LogP contribution is -2.11. The van der Waals surface area contributed by atoms with E-state index in [1.165, 1.54) is 18.3 Å². The highest BCUT2D eigenvalue weighted by Crippen LogP contribution is 2.26. The molecule has 0 unspecified atom stereocenters. The lowest BCUT2D eigenvalue weighted by atomic mass is 10.2. The Morgan fingerprint density at radius 3 is 2.50 bits per heavy atom. The molecule has 0 saturated heterocycles. The van der Waals surface area contributed by atoms with Crippen molar-refractivity contribution in [1.29, 1.82) is 0 Å². The second kappa shape index (κ2) is 8.69. The van der Waals surface area contributed by atoms with E-state index in [-0.39, 0.29) is 10.7 Å². The molecule has 0 atom stereocenters. The molecule has 0 aliphatic heterocycles. The second-order valence-corrected chi connectivity index (χ2v) is 8.43. The number of nitrogens with one attached hydrogen (secondary N) is 1. The van der Waals surface area contributed by atoms with Crippen LogP contribution in [0.3, 0.4) is 0 Å². The number of nitrogens with zero attached hydrogens (tertiary/aromatic N) is 3. The van der Waals surface area contributed by atoms with E-state index in [0.29, 0.717) is 40.8 Å². The van der Waals surface area contributed by atoms with E-state index in [2.05, 4.69) is 20.3 Å². The van der Waals surface area contributed by atoms with Crippen molar-refractivity contribution in [2.24, 2.45) is 5.14 Å². The number of nitrogens with two attached hydrogens (primary N) is 1. The maximum Gasteiger partial charge on any atom is 0.238 e. The van der Waals surface area contributed by atoms with Crippen molar-refractivity contribution in [2.45, 2.75) is 18.2 Å². The number of ether oxygens (including phenoxy) is 1. The number of sulfonamides is 1. The van der Waals surface area contributed by atoms with E-state index >= 15 is 0 Å². The average molecular weight is 449 g/mol. The molecule has 4 rings (SSSR count). The number of aromatic nitrogens is 3. The number of primary sulfonamides is 1. The Balaban J connectivity index is 1.56. The number of rotatable bonds is 7. The van der Waals surface area contributed by atoms with Gasteiger partial charge in [0, 0.05) is 42.0 Å². The number of anilines is 2. The Hall–Kier alpha value is -3.89. The van der Waals surface area contributed by atoms with Crippen LogP contribution in [0.25, 0.3) is 10.9 Å². The molecule has 0 fully saturated rings. The molecule has 0 amide bonds. The van der Waals surface area contributed by atoms with Gasteiger partial charge < -0.3 is 10.1 Å². The summed E-state index contributed by atoms with van der Waals surface area (Å²) in [5.41, 5.74) is 1.60. The maximum absolute atomic E-state index is 11.9. The fraction of sp³-hybridized carbons (Fsp3) is 0.0909. The van der Waals surface area contributed by atoms with Gasteiger partial charge in [-0.2, -0.15) is 0 Å². The molecule has 2 aromatic carbocycles. The zero-order chi connectivity index (χ0) is 22.7. The first kappa shape index (κ1) is 21.3. The fourth-order valence-corrected chi connectivity index (χ4v) is 3.44. The van der Waals surface area contributed by atoms with Crippen molar-refractivity contribution in [1.82, 2.24) is 15.0 Å². The molecule has 162 valence electrons. The van der Waals surface area contributed by atoms with Crippen LogP contribution in [0, 0.1) is 0 Å². The van der Waals surface area contributed by atoms with Crippen LogP contribution >= 0.6 is 0 Å². The standard InChI is InChI=1S/C22H19N5O4S/c1-2-21(28)20-12-17(9-10-24-20)31-16-6-3-14-13-25-22(27-19(14)11-16)26-15-4-7-18(8-5-15)32(23,29)30/h3-13H,2H2,1H3,(H2,23,29,30)(H,25,26,27). The molecule has 0 spiro atoms. The topological polar surface area (TPSA) is 137 Å². The second-order valence-electron chi connectivity index (χ2n) is 6.86. The summed E-state index contributed by atoms with van der Waals surface area (Å²) < 4.78 is 28.6. The normalized spacial score (nSPS) is 11.3. The molecule has 3 N–H and O–H groups in total. The third kappa shape index (κ3) is 4.88. The number of carbonyl (C=O) groups is 1. The van der Waals surface area contributed by atoms with Crippen LogP contribution in [0.5, 0.6) is 11.5 Å². The quantitative estimate of drug-likeness (QED) is 0.406. The van der Waals surface area contributed by atoms with Crippen LogP contribution in [0.4, 0.5) is 11.6 Å². The van der Waals surface area contributed by atoms with Gasteiger partial charge in [-0.05, 0) is 42.5 Å². The minimum Gasteiger partial charge on any atom is -0.457 e. The Labute approximate surface area is 184 Å². The highest BCUT2D eigenvalue weighted by atomic mass is 32.2. The molecule has 10 heteroatoms. The SMILES string of the molecule is CCC(=O)c1cc(Oc2ccc3cnc(Nc4ccc(S(N)(=O)=O)cc4)nc3c2)ccn1. The number of Topliss-reactive ketones (excluding diaryl/α,β-unsaturated/α-hetero) is 1. The first-order valence-corrected chi connectivity index (χ1v) is 11.2. The van der Waals surface area contributed by atoms with Gasteiger partial charge in [0.15, 0.2) is 5.78 Å². The van der Waals surface area contributed by atoms with Crippen LogP contribution in [0.1, 0.15) is 23.8 Å². The van der Waals surface area contributed by atoms with E-state index in [1.807, 2.05) is 6.07 Å². The highest BCUT2D eigenvalue weighted by Gasteiger charge is 2.09. The summed E-state index contributed by atoms with van der Waals surface area (Å²) >= 11 is 0. The summed E-state index contributed by atoms with van der Waals surface area (Å²) in [4.78, 5) is 24.7. The predicted molar refractivity (Wildman–Crippen MR) is 120 cm³/mol. The first-order valence-electron chi connectivity index (χ1n) is 9.65. The number of benzene rings is 2. The van der Waals surface area contributed by atoms with Gasteiger partial charge in [0.2, 0.25) is 16.0 Å². The summed E-state index contributed by atoms with van der Waals surface area (Å²) in [6.07, 6.45) is 3.56. The number of pyridine rings is 1. The molecule has 0 aliphatic rings. The molecule has 4 aromatic rings. The monoisotopic (exact) mass is 449 g/mol. The Kier molecular flexibility index (Phi) is 5.80. The van der Waals surface area contributed by atoms with Gasteiger partial charge in [0.25, 0.3) is 0 Å². The Morgan fingerprint density at radius 1 is 1.03 bits per heavy atom. The molecule has 0 bridgehead atoms. The van der Waals surface area contributed by atoms with Gasteiger partial charge in [-0.15, -0.1) is 0 Å². The fourth-order valence-electron chi connectivity index (χ4n) is 2.93. The van der Waals surface area contributed by atoms with Gasteiger partial charge >= 0.3 is 0 Å². The molecular weight excluding hydrogens is 430 g/mol. The molecule has 2 heterocycles. The van der Waals surface area contributed by atoms with Crippen molar-refractivity contribution < 1.29 is 17.9 Å².